The van der Waals surface area contributed by atoms with Crippen molar-refractivity contribution in [2.75, 3.05) is 5.32 Å². The zero-order chi connectivity index (χ0) is 17.6. The molecule has 25 heavy (non-hydrogen) atoms. The summed E-state index contributed by atoms with van der Waals surface area (Å²) in [5.74, 6) is 0.495. The number of amides is 1. The van der Waals surface area contributed by atoms with E-state index in [1.807, 2.05) is 36.4 Å². The summed E-state index contributed by atoms with van der Waals surface area (Å²) in [6.45, 7) is 3.97. The molecule has 0 bridgehead atoms. The quantitative estimate of drug-likeness (QED) is 0.750. The second kappa shape index (κ2) is 5.81. The number of primary amides is 1. The fraction of sp³-hybridized carbons (Fsp3) is 0.263. The van der Waals surface area contributed by atoms with Crippen LogP contribution in [0.1, 0.15) is 35.0 Å². The minimum atomic E-state index is -0.804. The van der Waals surface area contributed by atoms with E-state index in [2.05, 4.69) is 17.4 Å². The number of anilines is 1. The van der Waals surface area contributed by atoms with Gasteiger partial charge in [-0.15, -0.1) is 0 Å². The Balaban J connectivity index is 1.87. The van der Waals surface area contributed by atoms with Crippen LogP contribution in [0.5, 0.6) is 5.75 Å². The molecular weight excluding hydrogens is 316 g/mol. The number of hydrogen-bond donors (Lipinski definition) is 2. The van der Waals surface area contributed by atoms with Gasteiger partial charge >= 0.3 is 6.09 Å². The number of ether oxygens (including phenoxy) is 1. The number of nitrogens with two attached hydrogens (primary N) is 1. The fourth-order valence-corrected chi connectivity index (χ4v) is 3.48. The number of hydrogen-bond acceptors (Lipinski definition) is 4. The summed E-state index contributed by atoms with van der Waals surface area (Å²) in [5, 5.41) is 3.60. The monoisotopic (exact) mass is 336 g/mol. The third-order valence-electron chi connectivity index (χ3n) is 4.87. The van der Waals surface area contributed by atoms with E-state index in [1.54, 1.807) is 6.20 Å². The van der Waals surface area contributed by atoms with Crippen LogP contribution in [0.25, 0.3) is 5.65 Å². The van der Waals surface area contributed by atoms with E-state index >= 15 is 0 Å². The first-order valence-corrected chi connectivity index (χ1v) is 8.34. The van der Waals surface area contributed by atoms with E-state index in [-0.39, 0.29) is 6.04 Å². The van der Waals surface area contributed by atoms with Crippen LogP contribution >= 0.6 is 0 Å². The highest BCUT2D eigenvalue weighted by Gasteiger charge is 2.27. The van der Waals surface area contributed by atoms with Gasteiger partial charge in [0.1, 0.15) is 0 Å². The lowest BCUT2D eigenvalue weighted by molar-refractivity contribution is 0.210. The SMILES string of the molecule is Cc1nc2c3c(c(OC(N)=O)cn2c1C)CC[C@@H](c1ccccc1)N3. The maximum absolute atomic E-state index is 11.3. The van der Waals surface area contributed by atoms with Gasteiger partial charge in [-0.25, -0.2) is 9.78 Å². The summed E-state index contributed by atoms with van der Waals surface area (Å²) in [6, 6.07) is 10.5. The molecule has 0 fully saturated rings. The lowest BCUT2D eigenvalue weighted by Gasteiger charge is -2.29. The highest BCUT2D eigenvalue weighted by Crippen LogP contribution is 2.40. The maximum Gasteiger partial charge on any atom is 0.410 e. The first kappa shape index (κ1) is 15.5. The average molecular weight is 336 g/mol. The Morgan fingerprint density at radius 1 is 1.32 bits per heavy atom. The number of carbonyl (C=O) groups is 1. The minimum Gasteiger partial charge on any atom is -0.409 e. The number of carbonyl (C=O) groups excluding carboxylic acids is 1. The van der Waals surface area contributed by atoms with Gasteiger partial charge in [0.05, 0.1) is 23.6 Å². The standard InChI is InChI=1S/C19H20N4O2/c1-11-12(2)23-10-16(25-19(20)24)14-8-9-15(13-6-4-3-5-7-13)22-17(14)18(23)21-11/h3-7,10,15,22H,8-9H2,1-2H3,(H2,20,24)/t15-/m0/s1. The molecule has 1 aliphatic heterocycles. The van der Waals surface area contributed by atoms with Crippen molar-refractivity contribution in [1.82, 2.24) is 9.38 Å². The Labute approximate surface area is 145 Å². The second-order valence-corrected chi connectivity index (χ2v) is 6.39. The van der Waals surface area contributed by atoms with Gasteiger partial charge in [-0.1, -0.05) is 30.3 Å². The van der Waals surface area contributed by atoms with Gasteiger partial charge in [0.15, 0.2) is 11.4 Å². The van der Waals surface area contributed by atoms with E-state index in [9.17, 15) is 4.79 Å². The van der Waals surface area contributed by atoms with Crippen LogP contribution in [-0.4, -0.2) is 15.5 Å². The number of benzene rings is 1. The molecule has 6 nitrogen and oxygen atoms in total. The van der Waals surface area contributed by atoms with Crippen molar-refractivity contribution in [3.05, 3.63) is 59.0 Å². The molecule has 1 atom stereocenters. The molecule has 0 aliphatic carbocycles. The summed E-state index contributed by atoms with van der Waals surface area (Å²) in [6.07, 6.45) is 2.69. The van der Waals surface area contributed by atoms with Gasteiger partial charge in [-0.2, -0.15) is 0 Å². The molecule has 0 spiro atoms. The number of nitrogens with one attached hydrogen (secondary N) is 1. The van der Waals surface area contributed by atoms with Crippen molar-refractivity contribution in [2.45, 2.75) is 32.7 Å². The lowest BCUT2D eigenvalue weighted by atomic mass is 9.93. The van der Waals surface area contributed by atoms with Crippen molar-refractivity contribution in [3.8, 4) is 5.75 Å². The number of fused-ring (bicyclic) bond motifs is 3. The maximum atomic E-state index is 11.3. The smallest absolute Gasteiger partial charge is 0.409 e. The molecule has 4 rings (SSSR count). The van der Waals surface area contributed by atoms with Crippen molar-refractivity contribution in [3.63, 3.8) is 0 Å². The highest BCUT2D eigenvalue weighted by molar-refractivity contribution is 5.79. The molecular formula is C19H20N4O2. The van der Waals surface area contributed by atoms with Crippen LogP contribution in [0.3, 0.4) is 0 Å². The molecule has 0 saturated carbocycles. The third kappa shape index (κ3) is 2.59. The molecule has 1 amide bonds. The van der Waals surface area contributed by atoms with Gasteiger partial charge < -0.3 is 15.8 Å². The molecule has 6 heteroatoms. The molecule has 0 radical (unpaired) electrons. The molecule has 1 aromatic carbocycles. The molecule has 1 aliphatic rings. The predicted octanol–water partition coefficient (Wildman–Crippen LogP) is 3.51. The van der Waals surface area contributed by atoms with Gasteiger partial charge in [-0.05, 0) is 32.3 Å². The normalized spacial score (nSPS) is 16.3. The Bertz CT molecular complexity index is 963. The summed E-state index contributed by atoms with van der Waals surface area (Å²) >= 11 is 0. The number of aromatic nitrogens is 2. The first-order chi connectivity index (χ1) is 12.0. The van der Waals surface area contributed by atoms with Crippen molar-refractivity contribution < 1.29 is 9.53 Å². The Kier molecular flexibility index (Phi) is 3.60. The Morgan fingerprint density at radius 3 is 2.80 bits per heavy atom. The van der Waals surface area contributed by atoms with Crippen LogP contribution < -0.4 is 15.8 Å². The summed E-state index contributed by atoms with van der Waals surface area (Å²) in [4.78, 5) is 16.0. The zero-order valence-electron chi connectivity index (χ0n) is 14.2. The van der Waals surface area contributed by atoms with Crippen LogP contribution in [0, 0.1) is 13.8 Å². The third-order valence-corrected chi connectivity index (χ3v) is 4.87. The van der Waals surface area contributed by atoms with Crippen LogP contribution in [0.15, 0.2) is 36.5 Å². The molecule has 2 aromatic heterocycles. The molecule has 0 unspecified atom stereocenters. The molecule has 0 saturated heterocycles. The first-order valence-electron chi connectivity index (χ1n) is 8.34. The molecule has 3 aromatic rings. The van der Waals surface area contributed by atoms with Gasteiger partial charge in [0, 0.05) is 11.3 Å². The van der Waals surface area contributed by atoms with Gasteiger partial charge in [-0.3, -0.25) is 4.40 Å². The molecule has 3 heterocycles. The lowest BCUT2D eigenvalue weighted by Crippen LogP contribution is -2.22. The fourth-order valence-electron chi connectivity index (χ4n) is 3.48. The van der Waals surface area contributed by atoms with E-state index in [4.69, 9.17) is 15.5 Å². The summed E-state index contributed by atoms with van der Waals surface area (Å²) in [7, 11) is 0. The van der Waals surface area contributed by atoms with Gasteiger partial charge in [0.2, 0.25) is 0 Å². The summed E-state index contributed by atoms with van der Waals surface area (Å²) < 4.78 is 7.23. The molecule has 3 N–H and O–H groups in total. The van der Waals surface area contributed by atoms with Gasteiger partial charge in [0.25, 0.3) is 0 Å². The minimum absolute atomic E-state index is 0.193. The van der Waals surface area contributed by atoms with E-state index in [1.165, 1.54) is 5.56 Å². The Hall–Kier alpha value is -3.02. The predicted molar refractivity (Wildman–Crippen MR) is 96.0 cm³/mol. The topological polar surface area (TPSA) is 81.7 Å². The van der Waals surface area contributed by atoms with E-state index in [0.29, 0.717) is 5.75 Å². The van der Waals surface area contributed by atoms with E-state index < -0.39 is 6.09 Å². The number of imidazole rings is 1. The second-order valence-electron chi connectivity index (χ2n) is 6.39. The number of aryl methyl sites for hydroxylation is 2. The van der Waals surface area contributed by atoms with Crippen molar-refractivity contribution in [2.24, 2.45) is 5.73 Å². The van der Waals surface area contributed by atoms with Crippen LogP contribution in [-0.2, 0) is 6.42 Å². The highest BCUT2D eigenvalue weighted by atomic mass is 16.5. The average Bonchev–Trinajstić information content (AvgIpc) is 2.90. The number of nitrogens with zero attached hydrogens (tertiary/aromatic N) is 2. The number of pyridine rings is 1. The zero-order valence-corrected chi connectivity index (χ0v) is 14.2. The van der Waals surface area contributed by atoms with Crippen LogP contribution in [0.4, 0.5) is 10.5 Å². The molecule has 128 valence electrons. The van der Waals surface area contributed by atoms with Crippen molar-refractivity contribution >= 4 is 17.4 Å². The summed E-state index contributed by atoms with van der Waals surface area (Å²) in [5.41, 5.74) is 11.2. The van der Waals surface area contributed by atoms with Crippen LogP contribution in [0.2, 0.25) is 0 Å². The van der Waals surface area contributed by atoms with Crippen molar-refractivity contribution in [1.29, 1.82) is 0 Å². The largest absolute Gasteiger partial charge is 0.410 e. The van der Waals surface area contributed by atoms with E-state index in [0.717, 1.165) is 41.1 Å². The number of rotatable bonds is 2. The Morgan fingerprint density at radius 2 is 2.08 bits per heavy atom.